The van der Waals surface area contributed by atoms with Crippen LogP contribution >= 0.6 is 0 Å². The minimum Gasteiger partial charge on any atom is -0.321 e. The number of amides is 1. The first-order chi connectivity index (χ1) is 15.2. The van der Waals surface area contributed by atoms with Crippen molar-refractivity contribution in [3.8, 4) is 0 Å². The van der Waals surface area contributed by atoms with Crippen LogP contribution in [0.5, 0.6) is 0 Å². The summed E-state index contributed by atoms with van der Waals surface area (Å²) < 4.78 is 1.82. The van der Waals surface area contributed by atoms with Crippen molar-refractivity contribution in [1.82, 2.24) is 24.9 Å². The van der Waals surface area contributed by atoms with Gasteiger partial charge in [-0.2, -0.15) is 5.10 Å². The highest BCUT2D eigenvalue weighted by molar-refractivity contribution is 6.11. The molecule has 1 fully saturated rings. The number of carbonyl (C=O) groups is 1. The number of hydrogen-bond acceptors (Lipinski definition) is 5. The standard InChI is InChI=1S/C21H20N6O2.C2H6/c28-18-11-17(13-6-9-22-10-7-13)27-20(25-18)19-15(4-1-5-16(19)26-27)24-21(29)14-3-2-8-23-12-14;1-2/h1-5,8,11-13,22H,6-7,9-10H2,(H,24,29)(H,25,28);1-2H3. The van der Waals surface area contributed by atoms with Gasteiger partial charge in [-0.15, -0.1) is 0 Å². The van der Waals surface area contributed by atoms with Gasteiger partial charge in [0, 0.05) is 24.4 Å². The number of H-pyrrole nitrogens is 1. The first kappa shape index (κ1) is 20.7. The van der Waals surface area contributed by atoms with E-state index in [1.54, 1.807) is 24.4 Å². The molecule has 3 N–H and O–H groups in total. The number of benzene rings is 1. The summed E-state index contributed by atoms with van der Waals surface area (Å²) in [6.45, 7) is 5.85. The third kappa shape index (κ3) is 4.06. The van der Waals surface area contributed by atoms with Crippen LogP contribution in [0.3, 0.4) is 0 Å². The van der Waals surface area contributed by atoms with Crippen molar-refractivity contribution in [2.45, 2.75) is 32.6 Å². The summed E-state index contributed by atoms with van der Waals surface area (Å²) in [4.78, 5) is 32.0. The van der Waals surface area contributed by atoms with E-state index in [1.165, 1.54) is 6.20 Å². The van der Waals surface area contributed by atoms with Crippen LogP contribution in [0.4, 0.5) is 5.69 Å². The molecular weight excluding hydrogens is 392 g/mol. The number of nitrogens with one attached hydrogen (secondary N) is 3. The lowest BCUT2D eigenvalue weighted by Crippen LogP contribution is -2.28. The van der Waals surface area contributed by atoms with E-state index in [1.807, 2.05) is 36.6 Å². The zero-order valence-electron chi connectivity index (χ0n) is 17.7. The van der Waals surface area contributed by atoms with Gasteiger partial charge in [0.25, 0.3) is 11.5 Å². The lowest BCUT2D eigenvalue weighted by molar-refractivity contribution is 0.102. The molecule has 8 heteroatoms. The predicted molar refractivity (Wildman–Crippen MR) is 122 cm³/mol. The average Bonchev–Trinajstić information content (AvgIpc) is 3.20. The molecule has 0 spiro atoms. The molecule has 1 aliphatic rings. The highest BCUT2D eigenvalue weighted by Gasteiger charge is 2.22. The summed E-state index contributed by atoms with van der Waals surface area (Å²) in [5.41, 5.74) is 3.12. The fourth-order valence-electron chi connectivity index (χ4n) is 3.99. The van der Waals surface area contributed by atoms with Gasteiger partial charge >= 0.3 is 0 Å². The normalized spacial score (nSPS) is 14.3. The van der Waals surface area contributed by atoms with Gasteiger partial charge in [-0.05, 0) is 50.2 Å². The minimum absolute atomic E-state index is 0.166. The largest absolute Gasteiger partial charge is 0.321 e. The second kappa shape index (κ2) is 9.09. The summed E-state index contributed by atoms with van der Waals surface area (Å²) in [6.07, 6.45) is 5.05. The number of rotatable bonds is 3. The number of pyridine rings is 1. The van der Waals surface area contributed by atoms with Crippen LogP contribution < -0.4 is 16.2 Å². The molecule has 1 saturated heterocycles. The molecule has 0 unspecified atom stereocenters. The Kier molecular flexibility index (Phi) is 6.08. The molecule has 4 aromatic rings. The first-order valence-electron chi connectivity index (χ1n) is 10.7. The summed E-state index contributed by atoms with van der Waals surface area (Å²) >= 11 is 0. The quantitative estimate of drug-likeness (QED) is 0.473. The van der Waals surface area contributed by atoms with Crippen LogP contribution in [0.2, 0.25) is 0 Å². The number of nitrogens with zero attached hydrogens (tertiary/aromatic N) is 3. The molecule has 1 aliphatic heterocycles. The Morgan fingerprint density at radius 2 is 1.97 bits per heavy atom. The molecule has 0 saturated carbocycles. The van der Waals surface area contributed by atoms with Crippen LogP contribution in [0.25, 0.3) is 16.6 Å². The van der Waals surface area contributed by atoms with Crippen LogP contribution in [-0.4, -0.2) is 38.6 Å². The third-order valence-corrected chi connectivity index (χ3v) is 5.39. The zero-order valence-corrected chi connectivity index (χ0v) is 17.7. The number of aromatic amines is 1. The van der Waals surface area contributed by atoms with E-state index in [0.29, 0.717) is 22.4 Å². The molecule has 1 amide bonds. The van der Waals surface area contributed by atoms with Crippen LogP contribution in [0.1, 0.15) is 48.7 Å². The van der Waals surface area contributed by atoms with Gasteiger partial charge in [0.05, 0.1) is 27.8 Å². The number of carbonyl (C=O) groups excluding carboxylic acids is 1. The van der Waals surface area contributed by atoms with E-state index >= 15 is 0 Å². The number of aromatic nitrogens is 4. The highest BCUT2D eigenvalue weighted by Crippen LogP contribution is 2.30. The molecule has 0 aliphatic carbocycles. The van der Waals surface area contributed by atoms with E-state index < -0.39 is 0 Å². The van der Waals surface area contributed by atoms with Crippen LogP contribution in [-0.2, 0) is 0 Å². The predicted octanol–water partition coefficient (Wildman–Crippen LogP) is 3.32. The van der Waals surface area contributed by atoms with E-state index in [0.717, 1.165) is 37.0 Å². The Bertz CT molecular complexity index is 1260. The van der Waals surface area contributed by atoms with Gasteiger partial charge in [-0.1, -0.05) is 19.9 Å². The average molecular weight is 419 g/mol. The van der Waals surface area contributed by atoms with Crippen molar-refractivity contribution in [3.05, 3.63) is 70.4 Å². The molecule has 1 aromatic carbocycles. The first-order valence-corrected chi connectivity index (χ1v) is 10.7. The van der Waals surface area contributed by atoms with E-state index in [4.69, 9.17) is 5.10 Å². The number of fused-ring (bicyclic) bond motifs is 3. The molecule has 8 nitrogen and oxygen atoms in total. The Balaban J connectivity index is 0.00000112. The summed E-state index contributed by atoms with van der Waals surface area (Å²) in [5, 5.41) is 11.7. The van der Waals surface area contributed by atoms with Gasteiger partial charge in [0.1, 0.15) is 5.65 Å². The molecule has 5 rings (SSSR count). The maximum absolute atomic E-state index is 12.6. The van der Waals surface area contributed by atoms with Gasteiger partial charge in [-0.25, -0.2) is 4.52 Å². The monoisotopic (exact) mass is 418 g/mol. The minimum atomic E-state index is -0.262. The Morgan fingerprint density at radius 1 is 1.16 bits per heavy atom. The van der Waals surface area contributed by atoms with Crippen molar-refractivity contribution >= 4 is 28.1 Å². The summed E-state index contributed by atoms with van der Waals surface area (Å²) in [5.74, 6) is 0.00519. The maximum Gasteiger partial charge on any atom is 0.257 e. The Labute approximate surface area is 179 Å². The van der Waals surface area contributed by atoms with Crippen molar-refractivity contribution < 1.29 is 4.79 Å². The van der Waals surface area contributed by atoms with Crippen molar-refractivity contribution in [3.63, 3.8) is 0 Å². The second-order valence-corrected chi connectivity index (χ2v) is 7.24. The van der Waals surface area contributed by atoms with Crippen molar-refractivity contribution in [2.24, 2.45) is 0 Å². The SMILES string of the molecule is CC.O=C(Nc1cccc2nn3c(C4CCNCC4)cc(=O)[nH]c3c12)c1cccnc1. The van der Waals surface area contributed by atoms with Gasteiger partial charge < -0.3 is 15.6 Å². The van der Waals surface area contributed by atoms with Crippen LogP contribution in [0.15, 0.2) is 53.6 Å². The molecule has 160 valence electrons. The van der Waals surface area contributed by atoms with E-state index in [2.05, 4.69) is 20.6 Å². The second-order valence-electron chi connectivity index (χ2n) is 7.24. The van der Waals surface area contributed by atoms with Crippen molar-refractivity contribution in [2.75, 3.05) is 18.4 Å². The Hall–Kier alpha value is -3.52. The van der Waals surface area contributed by atoms with E-state index in [9.17, 15) is 9.59 Å². The lowest BCUT2D eigenvalue weighted by atomic mass is 9.94. The molecular formula is C23H26N6O2. The molecule has 0 atom stereocenters. The number of anilines is 1. The Morgan fingerprint density at radius 3 is 2.71 bits per heavy atom. The molecule has 4 heterocycles. The third-order valence-electron chi connectivity index (χ3n) is 5.39. The maximum atomic E-state index is 12.6. The summed E-state index contributed by atoms with van der Waals surface area (Å²) in [6, 6.07) is 10.6. The van der Waals surface area contributed by atoms with Gasteiger partial charge in [0.2, 0.25) is 0 Å². The molecule has 3 aromatic heterocycles. The molecule has 0 bridgehead atoms. The highest BCUT2D eigenvalue weighted by atomic mass is 16.1. The number of piperidine rings is 1. The zero-order chi connectivity index (χ0) is 21.8. The lowest BCUT2D eigenvalue weighted by Gasteiger charge is -2.23. The van der Waals surface area contributed by atoms with Gasteiger partial charge in [0.15, 0.2) is 0 Å². The van der Waals surface area contributed by atoms with Crippen LogP contribution in [0, 0.1) is 0 Å². The van der Waals surface area contributed by atoms with E-state index in [-0.39, 0.29) is 17.4 Å². The molecule has 0 radical (unpaired) electrons. The topological polar surface area (TPSA) is 104 Å². The van der Waals surface area contributed by atoms with Crippen molar-refractivity contribution in [1.29, 1.82) is 0 Å². The number of hydrogen-bond donors (Lipinski definition) is 3. The fraction of sp³-hybridized carbons (Fsp3) is 0.304. The molecule has 31 heavy (non-hydrogen) atoms. The summed E-state index contributed by atoms with van der Waals surface area (Å²) in [7, 11) is 0. The fourth-order valence-corrected chi connectivity index (χ4v) is 3.99. The van der Waals surface area contributed by atoms with Gasteiger partial charge in [-0.3, -0.25) is 14.6 Å². The smallest absolute Gasteiger partial charge is 0.257 e.